The molecule has 0 aromatic carbocycles. The standard InChI is InChI=1S/C14H18F6O6/c1-4-24-10(21)7(9(13(15,16)17)14(18,19)20)8(11(22)25-5-2)12(23)26-6-3/h7-9H,4-6H2,1-3H3. The molecular formula is C14H18F6O6. The molecule has 0 bridgehead atoms. The molecule has 6 nitrogen and oxygen atoms in total. The lowest BCUT2D eigenvalue weighted by Crippen LogP contribution is -2.52. The summed E-state index contributed by atoms with van der Waals surface area (Å²) in [6.07, 6.45) is -12.0. The van der Waals surface area contributed by atoms with E-state index in [9.17, 15) is 40.7 Å². The molecule has 26 heavy (non-hydrogen) atoms. The first-order valence-electron chi connectivity index (χ1n) is 7.46. The van der Waals surface area contributed by atoms with Crippen LogP contribution >= 0.6 is 0 Å². The molecule has 12 heteroatoms. The van der Waals surface area contributed by atoms with Gasteiger partial charge in [-0.25, -0.2) is 0 Å². The van der Waals surface area contributed by atoms with E-state index in [4.69, 9.17) is 0 Å². The van der Waals surface area contributed by atoms with Crippen LogP contribution in [-0.2, 0) is 28.6 Å². The van der Waals surface area contributed by atoms with Gasteiger partial charge in [-0.3, -0.25) is 14.4 Å². The van der Waals surface area contributed by atoms with E-state index in [2.05, 4.69) is 14.2 Å². The Kier molecular flexibility index (Phi) is 8.88. The number of hydrogen-bond acceptors (Lipinski definition) is 6. The van der Waals surface area contributed by atoms with Gasteiger partial charge >= 0.3 is 30.3 Å². The van der Waals surface area contributed by atoms with Gasteiger partial charge in [0.05, 0.1) is 19.8 Å². The molecule has 0 heterocycles. The Bertz CT molecular complexity index is 469. The summed E-state index contributed by atoms with van der Waals surface area (Å²) in [5, 5.41) is 0. The Labute approximate surface area is 144 Å². The molecule has 0 aromatic heterocycles. The molecule has 1 atom stereocenters. The minimum atomic E-state index is -5.99. The minimum Gasteiger partial charge on any atom is -0.466 e. The fraction of sp³-hybridized carbons (Fsp3) is 0.786. The summed E-state index contributed by atoms with van der Waals surface area (Å²) < 4.78 is 91.6. The van der Waals surface area contributed by atoms with Crippen molar-refractivity contribution in [3.05, 3.63) is 0 Å². The third kappa shape index (κ3) is 6.37. The number of halogens is 6. The molecule has 0 saturated heterocycles. The molecule has 0 N–H and O–H groups in total. The number of carbonyl (C=O) groups excluding carboxylic acids is 3. The fourth-order valence-electron chi connectivity index (χ4n) is 2.15. The summed E-state index contributed by atoms with van der Waals surface area (Å²) >= 11 is 0. The Balaban J connectivity index is 6.41. The Morgan fingerprint density at radius 3 is 1.27 bits per heavy atom. The van der Waals surface area contributed by atoms with Gasteiger partial charge < -0.3 is 14.2 Å². The quantitative estimate of drug-likeness (QED) is 0.272. The molecule has 0 amide bonds. The molecule has 0 spiro atoms. The molecule has 0 aliphatic heterocycles. The number of ether oxygens (including phenoxy) is 3. The molecule has 0 aliphatic carbocycles. The second-order valence-electron chi connectivity index (χ2n) is 4.82. The van der Waals surface area contributed by atoms with Gasteiger partial charge in [0, 0.05) is 0 Å². The lowest BCUT2D eigenvalue weighted by molar-refractivity contribution is -0.301. The average Bonchev–Trinajstić information content (AvgIpc) is 2.44. The van der Waals surface area contributed by atoms with Crippen LogP contribution in [0.3, 0.4) is 0 Å². The van der Waals surface area contributed by atoms with Crippen molar-refractivity contribution in [1.82, 2.24) is 0 Å². The maximum absolute atomic E-state index is 13.1. The molecule has 1 unspecified atom stereocenters. The van der Waals surface area contributed by atoms with Crippen molar-refractivity contribution in [2.45, 2.75) is 33.1 Å². The largest absolute Gasteiger partial charge is 0.466 e. The van der Waals surface area contributed by atoms with E-state index in [-0.39, 0.29) is 0 Å². The monoisotopic (exact) mass is 396 g/mol. The van der Waals surface area contributed by atoms with Gasteiger partial charge in [0.15, 0.2) is 11.8 Å². The van der Waals surface area contributed by atoms with E-state index in [0.29, 0.717) is 0 Å². The van der Waals surface area contributed by atoms with Gasteiger partial charge in [-0.2, -0.15) is 26.3 Å². The summed E-state index contributed by atoms with van der Waals surface area (Å²) in [4.78, 5) is 35.7. The predicted octanol–water partition coefficient (Wildman–Crippen LogP) is 2.65. The normalized spacial score (nSPS) is 13.5. The van der Waals surface area contributed by atoms with Crippen molar-refractivity contribution in [3.63, 3.8) is 0 Å². The molecule has 152 valence electrons. The Hall–Kier alpha value is -2.01. The second kappa shape index (κ2) is 9.62. The lowest BCUT2D eigenvalue weighted by atomic mass is 9.80. The zero-order valence-corrected chi connectivity index (χ0v) is 14.1. The zero-order chi connectivity index (χ0) is 20.7. The smallest absolute Gasteiger partial charge is 0.401 e. The first kappa shape index (κ1) is 24.0. The van der Waals surface area contributed by atoms with Crippen molar-refractivity contribution in [2.24, 2.45) is 17.8 Å². The van der Waals surface area contributed by atoms with Crippen molar-refractivity contribution in [3.8, 4) is 0 Å². The summed E-state index contributed by atoms with van der Waals surface area (Å²) in [6.45, 7) is 2.08. The van der Waals surface area contributed by atoms with Crippen molar-refractivity contribution in [2.75, 3.05) is 19.8 Å². The van der Waals surface area contributed by atoms with E-state index in [1.807, 2.05) is 0 Å². The number of alkyl halides is 6. The predicted molar refractivity (Wildman–Crippen MR) is 72.5 cm³/mol. The van der Waals surface area contributed by atoms with E-state index in [0.717, 1.165) is 6.92 Å². The first-order chi connectivity index (χ1) is 11.8. The SMILES string of the molecule is CCOC(=O)C(C(=O)OCC)C(C(=O)OCC)C(C(F)(F)F)C(F)(F)F. The van der Waals surface area contributed by atoms with Crippen LogP contribution in [0.1, 0.15) is 20.8 Å². The van der Waals surface area contributed by atoms with Crippen LogP contribution in [0.25, 0.3) is 0 Å². The summed E-state index contributed by atoms with van der Waals surface area (Å²) in [7, 11) is 0. The van der Waals surface area contributed by atoms with E-state index in [1.165, 1.54) is 13.8 Å². The third-order valence-electron chi connectivity index (χ3n) is 3.06. The molecule has 0 radical (unpaired) electrons. The highest BCUT2D eigenvalue weighted by Gasteiger charge is 2.66. The third-order valence-corrected chi connectivity index (χ3v) is 3.06. The van der Waals surface area contributed by atoms with Crippen LogP contribution in [0.15, 0.2) is 0 Å². The van der Waals surface area contributed by atoms with Crippen molar-refractivity contribution in [1.29, 1.82) is 0 Å². The molecule has 0 rings (SSSR count). The topological polar surface area (TPSA) is 78.9 Å². The Morgan fingerprint density at radius 2 is 1.00 bits per heavy atom. The van der Waals surface area contributed by atoms with E-state index < -0.39 is 67.8 Å². The van der Waals surface area contributed by atoms with E-state index in [1.54, 1.807) is 0 Å². The highest BCUT2D eigenvalue weighted by Crippen LogP contribution is 2.47. The maximum Gasteiger partial charge on any atom is 0.401 e. The second-order valence-corrected chi connectivity index (χ2v) is 4.82. The lowest BCUT2D eigenvalue weighted by Gasteiger charge is -2.32. The summed E-state index contributed by atoms with van der Waals surface area (Å²) in [5.74, 6) is -15.9. The molecule has 0 fully saturated rings. The molecule has 0 aliphatic rings. The number of hydrogen-bond donors (Lipinski definition) is 0. The number of rotatable bonds is 8. The van der Waals surface area contributed by atoms with Crippen LogP contribution in [0.2, 0.25) is 0 Å². The molecule has 0 aromatic rings. The fourth-order valence-corrected chi connectivity index (χ4v) is 2.15. The summed E-state index contributed by atoms with van der Waals surface area (Å²) in [5.41, 5.74) is 0. The van der Waals surface area contributed by atoms with Crippen molar-refractivity contribution < 1.29 is 54.9 Å². The van der Waals surface area contributed by atoms with Crippen LogP contribution in [0, 0.1) is 17.8 Å². The zero-order valence-electron chi connectivity index (χ0n) is 14.1. The highest BCUT2D eigenvalue weighted by atomic mass is 19.4. The van der Waals surface area contributed by atoms with Gasteiger partial charge in [0.25, 0.3) is 0 Å². The van der Waals surface area contributed by atoms with Crippen LogP contribution in [0.5, 0.6) is 0 Å². The van der Waals surface area contributed by atoms with Crippen LogP contribution < -0.4 is 0 Å². The molecule has 0 saturated carbocycles. The summed E-state index contributed by atoms with van der Waals surface area (Å²) in [6, 6.07) is 0. The Morgan fingerprint density at radius 1 is 0.692 bits per heavy atom. The molecular weight excluding hydrogens is 378 g/mol. The number of carbonyl (C=O) groups is 3. The van der Waals surface area contributed by atoms with Crippen LogP contribution in [-0.4, -0.2) is 50.1 Å². The highest BCUT2D eigenvalue weighted by molar-refractivity contribution is 5.99. The van der Waals surface area contributed by atoms with Gasteiger partial charge in [-0.05, 0) is 20.8 Å². The van der Waals surface area contributed by atoms with Crippen LogP contribution in [0.4, 0.5) is 26.3 Å². The van der Waals surface area contributed by atoms with Gasteiger partial charge in [-0.1, -0.05) is 0 Å². The number of esters is 3. The first-order valence-corrected chi connectivity index (χ1v) is 7.46. The van der Waals surface area contributed by atoms with Gasteiger partial charge in [0.1, 0.15) is 5.92 Å². The van der Waals surface area contributed by atoms with Crippen molar-refractivity contribution >= 4 is 17.9 Å². The van der Waals surface area contributed by atoms with Gasteiger partial charge in [-0.15, -0.1) is 0 Å². The minimum absolute atomic E-state index is 0.451. The van der Waals surface area contributed by atoms with Gasteiger partial charge in [0.2, 0.25) is 0 Å². The van der Waals surface area contributed by atoms with E-state index >= 15 is 0 Å². The maximum atomic E-state index is 13.1. The average molecular weight is 396 g/mol.